The Morgan fingerprint density at radius 2 is 1.91 bits per heavy atom. The van der Waals surface area contributed by atoms with Crippen LogP contribution in [0.4, 0.5) is 0 Å². The van der Waals surface area contributed by atoms with Crippen molar-refractivity contribution in [2.24, 2.45) is 0 Å². The SMILES string of the molecule is CCN(Cc1ccc2c(c1)OCCO2)C(=O)CSc1nnc(-c2ccncc2)n1C1CC1. The number of ether oxygens (including phenoxy) is 2. The number of fused-ring (bicyclic) bond motifs is 1. The Labute approximate surface area is 191 Å². The Kier molecular flexibility index (Phi) is 5.98. The van der Waals surface area contributed by atoms with E-state index in [2.05, 4.69) is 19.7 Å². The van der Waals surface area contributed by atoms with Crippen LogP contribution in [0.25, 0.3) is 11.4 Å². The average Bonchev–Trinajstić information content (AvgIpc) is 3.60. The summed E-state index contributed by atoms with van der Waals surface area (Å²) in [6.07, 6.45) is 5.74. The van der Waals surface area contributed by atoms with E-state index in [9.17, 15) is 4.79 Å². The lowest BCUT2D eigenvalue weighted by atomic mass is 10.2. The highest BCUT2D eigenvalue weighted by Crippen LogP contribution is 2.41. The minimum absolute atomic E-state index is 0.0724. The van der Waals surface area contributed by atoms with E-state index in [0.717, 1.165) is 46.4 Å². The molecular weight excluding hydrogens is 426 g/mol. The van der Waals surface area contributed by atoms with E-state index in [-0.39, 0.29) is 5.91 Å². The first kappa shape index (κ1) is 20.8. The van der Waals surface area contributed by atoms with Crippen LogP contribution in [-0.4, -0.2) is 56.1 Å². The summed E-state index contributed by atoms with van der Waals surface area (Å²) in [6.45, 7) is 4.27. The molecule has 8 nitrogen and oxygen atoms in total. The maximum absolute atomic E-state index is 13.0. The van der Waals surface area contributed by atoms with Crippen LogP contribution in [0.1, 0.15) is 31.4 Å². The fraction of sp³-hybridized carbons (Fsp3) is 0.391. The van der Waals surface area contributed by atoms with Crippen molar-refractivity contribution >= 4 is 17.7 Å². The van der Waals surface area contributed by atoms with Gasteiger partial charge in [0.25, 0.3) is 0 Å². The number of carbonyl (C=O) groups excluding carboxylic acids is 1. The molecule has 1 aliphatic heterocycles. The highest BCUT2D eigenvalue weighted by atomic mass is 32.2. The second kappa shape index (κ2) is 9.20. The number of thioether (sulfide) groups is 1. The first-order valence-electron chi connectivity index (χ1n) is 10.9. The summed E-state index contributed by atoms with van der Waals surface area (Å²) >= 11 is 1.45. The van der Waals surface area contributed by atoms with Gasteiger partial charge in [-0.3, -0.25) is 14.3 Å². The van der Waals surface area contributed by atoms with Crippen molar-refractivity contribution in [1.29, 1.82) is 0 Å². The lowest BCUT2D eigenvalue weighted by Crippen LogP contribution is -2.31. The van der Waals surface area contributed by atoms with Gasteiger partial charge in [0.2, 0.25) is 5.91 Å². The normalized spacial score (nSPS) is 14.9. The second-order valence-electron chi connectivity index (χ2n) is 7.82. The topological polar surface area (TPSA) is 82.4 Å². The Hall–Kier alpha value is -3.07. The van der Waals surface area contributed by atoms with Gasteiger partial charge in [0.1, 0.15) is 13.2 Å². The highest BCUT2D eigenvalue weighted by Gasteiger charge is 2.30. The molecule has 1 aliphatic carbocycles. The van der Waals surface area contributed by atoms with Gasteiger partial charge in [-0.15, -0.1) is 10.2 Å². The van der Waals surface area contributed by atoms with Crippen molar-refractivity contribution < 1.29 is 14.3 Å². The molecule has 0 saturated heterocycles. The number of amides is 1. The molecule has 3 heterocycles. The highest BCUT2D eigenvalue weighted by molar-refractivity contribution is 7.99. The standard InChI is InChI=1S/C23H25N5O3S/c1-2-27(14-16-3-6-19-20(13-16)31-12-11-30-19)21(29)15-32-23-26-25-22(28(23)18-4-5-18)17-7-9-24-10-8-17/h3,6-10,13,18H,2,4-5,11-12,14-15H2,1H3. The molecule has 166 valence electrons. The van der Waals surface area contributed by atoms with E-state index in [4.69, 9.17) is 9.47 Å². The van der Waals surface area contributed by atoms with Gasteiger partial charge in [0, 0.05) is 37.1 Å². The average molecular weight is 452 g/mol. The Morgan fingerprint density at radius 1 is 1.12 bits per heavy atom. The quantitative estimate of drug-likeness (QED) is 0.484. The molecule has 3 aromatic rings. The number of nitrogens with zero attached hydrogens (tertiary/aromatic N) is 5. The van der Waals surface area contributed by atoms with E-state index in [0.29, 0.717) is 38.1 Å². The first-order chi connectivity index (χ1) is 15.7. The van der Waals surface area contributed by atoms with Crippen LogP contribution < -0.4 is 9.47 Å². The summed E-state index contributed by atoms with van der Waals surface area (Å²) in [5, 5.41) is 9.60. The fourth-order valence-electron chi connectivity index (χ4n) is 3.74. The first-order valence-corrected chi connectivity index (χ1v) is 11.9. The van der Waals surface area contributed by atoms with E-state index in [1.807, 2.05) is 42.2 Å². The van der Waals surface area contributed by atoms with Crippen LogP contribution in [-0.2, 0) is 11.3 Å². The molecule has 0 N–H and O–H groups in total. The lowest BCUT2D eigenvalue weighted by molar-refractivity contribution is -0.128. The van der Waals surface area contributed by atoms with Gasteiger partial charge < -0.3 is 14.4 Å². The van der Waals surface area contributed by atoms with Crippen LogP contribution in [0, 0.1) is 0 Å². The summed E-state index contributed by atoms with van der Waals surface area (Å²) in [6, 6.07) is 10.1. The largest absolute Gasteiger partial charge is 0.486 e. The number of benzene rings is 1. The summed E-state index contributed by atoms with van der Waals surface area (Å²) < 4.78 is 13.4. The van der Waals surface area contributed by atoms with Gasteiger partial charge in [0.05, 0.1) is 5.75 Å². The molecule has 0 unspecified atom stereocenters. The third-order valence-electron chi connectivity index (χ3n) is 5.55. The van der Waals surface area contributed by atoms with Crippen LogP contribution >= 0.6 is 11.8 Å². The Bertz CT molecular complexity index is 1100. The Balaban J connectivity index is 1.26. The van der Waals surface area contributed by atoms with Crippen LogP contribution in [0.15, 0.2) is 47.9 Å². The van der Waals surface area contributed by atoms with Gasteiger partial charge in [-0.25, -0.2) is 0 Å². The molecule has 2 aromatic heterocycles. The summed E-state index contributed by atoms with van der Waals surface area (Å²) in [5.74, 6) is 2.73. The fourth-order valence-corrected chi connectivity index (χ4v) is 4.64. The number of hydrogen-bond acceptors (Lipinski definition) is 7. The number of hydrogen-bond donors (Lipinski definition) is 0. The molecule has 1 fully saturated rings. The van der Waals surface area contributed by atoms with Crippen LogP contribution in [0.5, 0.6) is 11.5 Å². The van der Waals surface area contributed by atoms with Gasteiger partial charge in [0.15, 0.2) is 22.5 Å². The van der Waals surface area contributed by atoms with E-state index >= 15 is 0 Å². The number of pyridine rings is 1. The zero-order valence-corrected chi connectivity index (χ0v) is 18.8. The van der Waals surface area contributed by atoms with Crippen molar-refractivity contribution in [2.75, 3.05) is 25.5 Å². The number of rotatable bonds is 8. The maximum atomic E-state index is 13.0. The van der Waals surface area contributed by atoms with Gasteiger partial charge in [-0.2, -0.15) is 0 Å². The molecule has 32 heavy (non-hydrogen) atoms. The van der Waals surface area contributed by atoms with Crippen LogP contribution in [0.2, 0.25) is 0 Å². The Morgan fingerprint density at radius 3 is 2.66 bits per heavy atom. The minimum Gasteiger partial charge on any atom is -0.486 e. The van der Waals surface area contributed by atoms with E-state index < -0.39 is 0 Å². The molecule has 0 bridgehead atoms. The van der Waals surface area contributed by atoms with Crippen molar-refractivity contribution in [2.45, 2.75) is 37.5 Å². The zero-order valence-electron chi connectivity index (χ0n) is 17.9. The van der Waals surface area contributed by atoms with Crippen LogP contribution in [0.3, 0.4) is 0 Å². The summed E-state index contributed by atoms with van der Waals surface area (Å²) in [7, 11) is 0. The zero-order chi connectivity index (χ0) is 21.9. The second-order valence-corrected chi connectivity index (χ2v) is 8.76. The molecule has 1 saturated carbocycles. The van der Waals surface area contributed by atoms with Gasteiger partial charge in [-0.05, 0) is 49.6 Å². The predicted octanol–water partition coefficient (Wildman–Crippen LogP) is 3.59. The molecule has 0 spiro atoms. The van der Waals surface area contributed by atoms with E-state index in [1.165, 1.54) is 11.8 Å². The van der Waals surface area contributed by atoms with Crippen molar-refractivity contribution in [3.8, 4) is 22.9 Å². The molecular formula is C23H25N5O3S. The van der Waals surface area contributed by atoms with E-state index in [1.54, 1.807) is 12.4 Å². The van der Waals surface area contributed by atoms with Gasteiger partial charge >= 0.3 is 0 Å². The predicted molar refractivity (Wildman–Crippen MR) is 121 cm³/mol. The van der Waals surface area contributed by atoms with Crippen molar-refractivity contribution in [3.05, 3.63) is 48.3 Å². The minimum atomic E-state index is 0.0724. The lowest BCUT2D eigenvalue weighted by Gasteiger charge is -2.23. The molecule has 0 atom stereocenters. The monoisotopic (exact) mass is 451 g/mol. The van der Waals surface area contributed by atoms with Crippen molar-refractivity contribution in [3.63, 3.8) is 0 Å². The molecule has 0 radical (unpaired) electrons. The third kappa shape index (κ3) is 4.43. The summed E-state index contributed by atoms with van der Waals surface area (Å²) in [5.41, 5.74) is 2.02. The number of carbonyl (C=O) groups is 1. The third-order valence-corrected chi connectivity index (χ3v) is 6.48. The molecule has 1 aromatic carbocycles. The molecule has 1 amide bonds. The molecule has 2 aliphatic rings. The van der Waals surface area contributed by atoms with Gasteiger partial charge in [-0.1, -0.05) is 17.8 Å². The smallest absolute Gasteiger partial charge is 0.233 e. The maximum Gasteiger partial charge on any atom is 0.233 e. The molecule has 5 rings (SSSR count). The van der Waals surface area contributed by atoms with Crippen molar-refractivity contribution in [1.82, 2.24) is 24.6 Å². The summed E-state index contributed by atoms with van der Waals surface area (Å²) in [4.78, 5) is 18.9. The molecule has 9 heteroatoms. The number of aromatic nitrogens is 4.